The van der Waals surface area contributed by atoms with Crippen molar-refractivity contribution in [3.63, 3.8) is 0 Å². The molecule has 0 bridgehead atoms. The lowest BCUT2D eigenvalue weighted by atomic mass is 9.44. The van der Waals surface area contributed by atoms with Gasteiger partial charge in [0.15, 0.2) is 0 Å². The molecule has 0 saturated heterocycles. The zero-order valence-corrected chi connectivity index (χ0v) is 30.6. The molecule has 4 saturated carbocycles. The Morgan fingerprint density at radius 2 is 1.54 bits per heavy atom. The summed E-state index contributed by atoms with van der Waals surface area (Å²) in [5.74, 6) is 4.60. The molecule has 0 aromatic heterocycles. The number of hydrogen-bond donors (Lipinski definition) is 5. The summed E-state index contributed by atoms with van der Waals surface area (Å²) >= 11 is 0. The van der Waals surface area contributed by atoms with E-state index in [1.54, 1.807) is 0 Å². The number of unbranched alkanes of at least 4 members (excludes halogenated alkanes) is 1. The van der Waals surface area contributed by atoms with Crippen molar-refractivity contribution < 1.29 is 14.6 Å². The summed E-state index contributed by atoms with van der Waals surface area (Å²) in [6.45, 7) is 17.6. The molecule has 46 heavy (non-hydrogen) atoms. The van der Waals surface area contributed by atoms with Gasteiger partial charge in [-0.1, -0.05) is 40.5 Å². The normalized spacial score (nSPS) is 35.0. The number of carbonyl (C=O) groups is 1. The summed E-state index contributed by atoms with van der Waals surface area (Å²) in [5, 5.41) is 22.7. The maximum atomic E-state index is 11.8. The Morgan fingerprint density at radius 1 is 0.848 bits per heavy atom. The minimum atomic E-state index is -0.448. The van der Waals surface area contributed by atoms with Gasteiger partial charge in [-0.15, -0.1) is 0 Å². The van der Waals surface area contributed by atoms with Gasteiger partial charge in [-0.25, -0.2) is 0 Å². The van der Waals surface area contributed by atoms with Gasteiger partial charge in [-0.05, 0) is 175 Å². The summed E-state index contributed by atoms with van der Waals surface area (Å²) in [7, 11) is 0. The summed E-state index contributed by atoms with van der Waals surface area (Å²) in [5.41, 5.74) is 6.53. The van der Waals surface area contributed by atoms with Crippen LogP contribution in [0.5, 0.6) is 0 Å². The number of rotatable bonds is 20. The molecule has 4 fully saturated rings. The standard InChI is InChI=1S/C39H74N4O3/c1-28(27-46-30(3)44)26-36(45)37(43-25-11-24-42-22-9-8-21-41-23-10-20-40)29(2)33-15-16-34-32-14-13-31-12-6-7-18-38(31,4)35(32)17-19-39(33,34)5/h28-29,31-37,41-43,45H,6-27,40H2,1-5H3/t28?,29-,31?,32-,33+,34-,35-,36?,37?,38-,39+/m0/s1. The summed E-state index contributed by atoms with van der Waals surface area (Å²) in [6.07, 6.45) is 18.9. The van der Waals surface area contributed by atoms with Crippen LogP contribution in [0.1, 0.15) is 131 Å². The van der Waals surface area contributed by atoms with E-state index in [1.807, 2.05) is 0 Å². The van der Waals surface area contributed by atoms with Gasteiger partial charge < -0.3 is 31.5 Å². The van der Waals surface area contributed by atoms with E-state index in [4.69, 9.17) is 10.5 Å². The van der Waals surface area contributed by atoms with E-state index in [2.05, 4.69) is 43.6 Å². The number of aliphatic hydroxyl groups excluding tert-OH is 1. The number of hydrogen-bond acceptors (Lipinski definition) is 7. The van der Waals surface area contributed by atoms with Crippen LogP contribution >= 0.6 is 0 Å². The Labute approximate surface area is 283 Å². The molecule has 0 radical (unpaired) electrons. The van der Waals surface area contributed by atoms with E-state index >= 15 is 0 Å². The Morgan fingerprint density at radius 3 is 2.26 bits per heavy atom. The Kier molecular flexibility index (Phi) is 15.2. The Bertz CT molecular complexity index is 904. The number of carbonyl (C=O) groups excluding carboxylic acids is 1. The van der Waals surface area contributed by atoms with Gasteiger partial charge in [0, 0.05) is 13.0 Å². The lowest BCUT2D eigenvalue weighted by Gasteiger charge is -2.61. The van der Waals surface area contributed by atoms with Crippen LogP contribution in [0.3, 0.4) is 0 Å². The maximum absolute atomic E-state index is 11.8. The van der Waals surface area contributed by atoms with Crippen LogP contribution in [-0.4, -0.2) is 69.1 Å². The predicted octanol–water partition coefficient (Wildman–Crippen LogP) is 6.28. The first-order valence-corrected chi connectivity index (χ1v) is 19.8. The zero-order valence-electron chi connectivity index (χ0n) is 30.6. The molecule has 0 aromatic rings. The molecule has 268 valence electrons. The van der Waals surface area contributed by atoms with Crippen molar-refractivity contribution in [3.05, 3.63) is 0 Å². The fraction of sp³-hybridized carbons (Fsp3) is 0.974. The second kappa shape index (κ2) is 18.3. The number of aliphatic hydroxyl groups is 1. The zero-order chi connectivity index (χ0) is 33.2. The number of esters is 1. The number of fused-ring (bicyclic) bond motifs is 5. The lowest BCUT2D eigenvalue weighted by molar-refractivity contribution is -0.142. The smallest absolute Gasteiger partial charge is 0.302 e. The predicted molar refractivity (Wildman–Crippen MR) is 190 cm³/mol. The first-order chi connectivity index (χ1) is 22.1. The monoisotopic (exact) mass is 647 g/mol. The van der Waals surface area contributed by atoms with Crippen LogP contribution in [-0.2, 0) is 9.53 Å². The van der Waals surface area contributed by atoms with Crippen molar-refractivity contribution in [2.75, 3.05) is 45.9 Å². The summed E-state index contributed by atoms with van der Waals surface area (Å²) < 4.78 is 5.32. The van der Waals surface area contributed by atoms with E-state index in [1.165, 1.54) is 84.0 Å². The number of ether oxygens (including phenoxy) is 1. The molecule has 0 aromatic carbocycles. The highest BCUT2D eigenvalue weighted by atomic mass is 16.5. The van der Waals surface area contributed by atoms with Crippen molar-refractivity contribution in [2.45, 2.75) is 143 Å². The van der Waals surface area contributed by atoms with Crippen LogP contribution < -0.4 is 21.7 Å². The van der Waals surface area contributed by atoms with Gasteiger partial charge in [0.1, 0.15) is 0 Å². The van der Waals surface area contributed by atoms with E-state index in [0.717, 1.165) is 75.8 Å². The van der Waals surface area contributed by atoms with Gasteiger partial charge in [0.2, 0.25) is 0 Å². The second-order valence-corrected chi connectivity index (χ2v) is 16.9. The molecule has 4 unspecified atom stereocenters. The van der Waals surface area contributed by atoms with Crippen LogP contribution in [0.4, 0.5) is 0 Å². The third-order valence-electron chi connectivity index (χ3n) is 13.9. The van der Waals surface area contributed by atoms with Crippen molar-refractivity contribution >= 4 is 5.97 Å². The third-order valence-corrected chi connectivity index (χ3v) is 13.9. The molecule has 0 amide bonds. The average Bonchev–Trinajstić information content (AvgIpc) is 3.39. The van der Waals surface area contributed by atoms with Gasteiger partial charge >= 0.3 is 5.97 Å². The van der Waals surface area contributed by atoms with Crippen LogP contribution in [0.25, 0.3) is 0 Å². The van der Waals surface area contributed by atoms with Gasteiger partial charge in [0.25, 0.3) is 0 Å². The van der Waals surface area contributed by atoms with Crippen LogP contribution in [0.2, 0.25) is 0 Å². The molecular weight excluding hydrogens is 572 g/mol. The Balaban J connectivity index is 1.33. The first-order valence-electron chi connectivity index (χ1n) is 19.8. The van der Waals surface area contributed by atoms with E-state index in [9.17, 15) is 9.90 Å². The van der Waals surface area contributed by atoms with E-state index in [0.29, 0.717) is 35.7 Å². The molecule has 0 aliphatic heterocycles. The van der Waals surface area contributed by atoms with Crippen molar-refractivity contribution in [2.24, 2.45) is 58.0 Å². The van der Waals surface area contributed by atoms with E-state index in [-0.39, 0.29) is 17.9 Å². The quantitative estimate of drug-likeness (QED) is 0.0783. The summed E-state index contributed by atoms with van der Waals surface area (Å²) in [4.78, 5) is 11.4. The van der Waals surface area contributed by atoms with Crippen LogP contribution in [0.15, 0.2) is 0 Å². The van der Waals surface area contributed by atoms with Gasteiger partial charge in [0.05, 0.1) is 12.7 Å². The molecular formula is C39H74N4O3. The maximum Gasteiger partial charge on any atom is 0.302 e. The second-order valence-electron chi connectivity index (χ2n) is 16.9. The minimum absolute atomic E-state index is 0.0595. The third kappa shape index (κ3) is 9.49. The highest BCUT2D eigenvalue weighted by molar-refractivity contribution is 5.65. The molecule has 0 heterocycles. The van der Waals surface area contributed by atoms with E-state index < -0.39 is 6.10 Å². The molecule has 4 aliphatic rings. The molecule has 7 heteroatoms. The highest BCUT2D eigenvalue weighted by Gasteiger charge is 2.60. The SMILES string of the molecule is CC(=O)OCC(C)CC(O)C(NCCCNCCCCNCCCN)[C@@H](C)[C@H]1CC[C@H]2[C@@H]3CCC4CCCC[C@]4(C)[C@H]3CC[C@]12C. The van der Waals surface area contributed by atoms with Gasteiger partial charge in [-0.3, -0.25) is 4.79 Å². The molecule has 4 rings (SSSR count). The average molecular weight is 647 g/mol. The molecule has 6 N–H and O–H groups in total. The summed E-state index contributed by atoms with van der Waals surface area (Å²) in [6, 6.07) is 0.0595. The topological polar surface area (TPSA) is 109 Å². The lowest BCUT2D eigenvalue weighted by Crippen LogP contribution is -2.55. The van der Waals surface area contributed by atoms with Crippen molar-refractivity contribution in [1.82, 2.24) is 16.0 Å². The molecule has 4 aliphatic carbocycles. The fourth-order valence-corrected chi connectivity index (χ4v) is 11.5. The van der Waals surface area contributed by atoms with Crippen molar-refractivity contribution in [3.8, 4) is 0 Å². The first kappa shape index (κ1) is 38.1. The number of nitrogens with two attached hydrogens (primary N) is 1. The minimum Gasteiger partial charge on any atom is -0.466 e. The largest absolute Gasteiger partial charge is 0.466 e. The van der Waals surface area contributed by atoms with Crippen molar-refractivity contribution in [1.29, 1.82) is 0 Å². The molecule has 7 nitrogen and oxygen atoms in total. The van der Waals surface area contributed by atoms with Crippen LogP contribution in [0, 0.1) is 52.3 Å². The molecule has 11 atom stereocenters. The number of nitrogens with one attached hydrogen (secondary N) is 3. The molecule has 0 spiro atoms. The highest BCUT2D eigenvalue weighted by Crippen LogP contribution is 2.68. The van der Waals surface area contributed by atoms with Gasteiger partial charge in [-0.2, -0.15) is 0 Å². The fourth-order valence-electron chi connectivity index (χ4n) is 11.5. The Hall–Kier alpha value is -0.730.